The second-order valence-electron chi connectivity index (χ2n) is 6.07. The van der Waals surface area contributed by atoms with E-state index in [1.807, 2.05) is 29.2 Å². The zero-order valence-electron chi connectivity index (χ0n) is 13.2. The van der Waals surface area contributed by atoms with Gasteiger partial charge in [0.1, 0.15) is 12.1 Å². The fourth-order valence-corrected chi connectivity index (χ4v) is 3.47. The summed E-state index contributed by atoms with van der Waals surface area (Å²) in [6.45, 7) is 3.80. The Bertz CT molecular complexity index is 590. The Morgan fingerprint density at radius 1 is 1.22 bits per heavy atom. The first-order chi connectivity index (χ1) is 11.1. The molecule has 1 aromatic rings. The van der Waals surface area contributed by atoms with Crippen molar-refractivity contribution in [3.8, 4) is 0 Å². The lowest BCUT2D eigenvalue weighted by molar-refractivity contribution is -0.148. The van der Waals surface area contributed by atoms with E-state index in [1.54, 1.807) is 4.90 Å². The molecule has 0 aliphatic carbocycles. The average molecular weight is 337 g/mol. The molecule has 2 aliphatic rings. The normalized spacial score (nSPS) is 24.8. The number of amides is 2. The number of hydrogen-bond acceptors (Lipinski definition) is 3. The Morgan fingerprint density at radius 3 is 2.65 bits per heavy atom. The van der Waals surface area contributed by atoms with Crippen molar-refractivity contribution < 1.29 is 14.3 Å². The van der Waals surface area contributed by atoms with Gasteiger partial charge in [-0.25, -0.2) is 0 Å². The SMILES string of the molecule is CC(=O)N1CCC[C@@H]1C(=O)N1CCO[C@H](c2ccc(Cl)cc2)C1. The first-order valence-electron chi connectivity index (χ1n) is 7.99. The van der Waals surface area contributed by atoms with Crippen molar-refractivity contribution in [2.45, 2.75) is 31.9 Å². The summed E-state index contributed by atoms with van der Waals surface area (Å²) in [5, 5.41) is 0.681. The van der Waals surface area contributed by atoms with E-state index in [0.29, 0.717) is 31.3 Å². The van der Waals surface area contributed by atoms with Gasteiger partial charge in [0.05, 0.1) is 13.2 Å². The molecule has 2 aliphatic heterocycles. The molecular weight excluding hydrogens is 316 g/mol. The van der Waals surface area contributed by atoms with E-state index in [-0.39, 0.29) is 24.0 Å². The van der Waals surface area contributed by atoms with Gasteiger partial charge < -0.3 is 14.5 Å². The summed E-state index contributed by atoms with van der Waals surface area (Å²) in [7, 11) is 0. The molecule has 0 N–H and O–H groups in total. The zero-order chi connectivity index (χ0) is 16.4. The van der Waals surface area contributed by atoms with E-state index in [2.05, 4.69) is 0 Å². The standard InChI is InChI=1S/C17H21ClN2O3/c1-12(21)20-8-2-3-15(20)17(22)19-9-10-23-16(11-19)13-4-6-14(18)7-5-13/h4-7,15-16H,2-3,8-11H2,1H3/t15-,16+/m1/s1. The number of carbonyl (C=O) groups is 2. The minimum absolute atomic E-state index is 0.0247. The molecule has 0 bridgehead atoms. The molecular formula is C17H21ClN2O3. The van der Waals surface area contributed by atoms with Gasteiger partial charge in [-0.2, -0.15) is 0 Å². The van der Waals surface area contributed by atoms with E-state index in [0.717, 1.165) is 18.4 Å². The van der Waals surface area contributed by atoms with Gasteiger partial charge in [-0.1, -0.05) is 23.7 Å². The van der Waals surface area contributed by atoms with Crippen LogP contribution in [0.2, 0.25) is 5.02 Å². The highest BCUT2D eigenvalue weighted by Gasteiger charge is 2.37. The second kappa shape index (κ2) is 6.89. The van der Waals surface area contributed by atoms with Crippen molar-refractivity contribution in [1.82, 2.24) is 9.80 Å². The van der Waals surface area contributed by atoms with Crippen LogP contribution in [0.5, 0.6) is 0 Å². The molecule has 2 atom stereocenters. The monoisotopic (exact) mass is 336 g/mol. The van der Waals surface area contributed by atoms with E-state index in [4.69, 9.17) is 16.3 Å². The maximum absolute atomic E-state index is 12.8. The summed E-state index contributed by atoms with van der Waals surface area (Å²) in [5.41, 5.74) is 1.02. The van der Waals surface area contributed by atoms with Crippen LogP contribution in [0.1, 0.15) is 31.4 Å². The third-order valence-corrected chi connectivity index (χ3v) is 4.81. The van der Waals surface area contributed by atoms with Gasteiger partial charge in [0.15, 0.2) is 0 Å². The predicted molar refractivity (Wildman–Crippen MR) is 87.1 cm³/mol. The zero-order valence-corrected chi connectivity index (χ0v) is 14.0. The van der Waals surface area contributed by atoms with Crippen molar-refractivity contribution >= 4 is 23.4 Å². The molecule has 0 spiro atoms. The van der Waals surface area contributed by atoms with E-state index >= 15 is 0 Å². The summed E-state index contributed by atoms with van der Waals surface area (Å²) < 4.78 is 5.80. The van der Waals surface area contributed by atoms with E-state index in [1.165, 1.54) is 6.92 Å². The summed E-state index contributed by atoms with van der Waals surface area (Å²) in [6, 6.07) is 7.21. The largest absolute Gasteiger partial charge is 0.370 e. The maximum atomic E-state index is 12.8. The molecule has 124 valence electrons. The predicted octanol–water partition coefficient (Wildman–Crippen LogP) is 2.25. The lowest BCUT2D eigenvalue weighted by Gasteiger charge is -2.36. The van der Waals surface area contributed by atoms with Gasteiger partial charge in [0.25, 0.3) is 0 Å². The molecule has 2 fully saturated rings. The third-order valence-electron chi connectivity index (χ3n) is 4.56. The number of halogens is 1. The molecule has 2 amide bonds. The van der Waals surface area contributed by atoms with Crippen LogP contribution >= 0.6 is 11.6 Å². The minimum Gasteiger partial charge on any atom is -0.370 e. The van der Waals surface area contributed by atoms with Crippen molar-refractivity contribution in [2.75, 3.05) is 26.2 Å². The fraction of sp³-hybridized carbons (Fsp3) is 0.529. The number of likely N-dealkylation sites (tertiary alicyclic amines) is 1. The number of benzene rings is 1. The molecule has 3 rings (SSSR count). The topological polar surface area (TPSA) is 49.9 Å². The molecule has 6 heteroatoms. The smallest absolute Gasteiger partial charge is 0.245 e. The van der Waals surface area contributed by atoms with Gasteiger partial charge in [0, 0.05) is 25.0 Å². The molecule has 0 unspecified atom stereocenters. The Morgan fingerprint density at radius 2 is 1.96 bits per heavy atom. The van der Waals surface area contributed by atoms with Gasteiger partial charge >= 0.3 is 0 Å². The quantitative estimate of drug-likeness (QED) is 0.832. The number of nitrogens with zero attached hydrogens (tertiary/aromatic N) is 2. The Hall–Kier alpha value is -1.59. The molecule has 0 aromatic heterocycles. The first kappa shape index (κ1) is 16.3. The van der Waals surface area contributed by atoms with Crippen LogP contribution in [0.15, 0.2) is 24.3 Å². The Labute approximate surface area is 141 Å². The van der Waals surface area contributed by atoms with Crippen molar-refractivity contribution in [2.24, 2.45) is 0 Å². The highest BCUT2D eigenvalue weighted by Crippen LogP contribution is 2.26. The third kappa shape index (κ3) is 3.51. The highest BCUT2D eigenvalue weighted by molar-refractivity contribution is 6.30. The van der Waals surface area contributed by atoms with Crippen LogP contribution in [-0.4, -0.2) is 53.9 Å². The van der Waals surface area contributed by atoms with Crippen LogP contribution < -0.4 is 0 Å². The molecule has 2 heterocycles. The number of ether oxygens (including phenoxy) is 1. The number of morpholine rings is 1. The van der Waals surface area contributed by atoms with Crippen LogP contribution in [0.4, 0.5) is 0 Å². The maximum Gasteiger partial charge on any atom is 0.245 e. The molecule has 0 saturated carbocycles. The van der Waals surface area contributed by atoms with Gasteiger partial charge in [-0.05, 0) is 30.5 Å². The number of rotatable bonds is 2. The highest BCUT2D eigenvalue weighted by atomic mass is 35.5. The Balaban J connectivity index is 1.69. The molecule has 1 aromatic carbocycles. The van der Waals surface area contributed by atoms with Gasteiger partial charge in [-0.15, -0.1) is 0 Å². The van der Waals surface area contributed by atoms with Crippen molar-refractivity contribution in [3.05, 3.63) is 34.9 Å². The van der Waals surface area contributed by atoms with Crippen LogP contribution in [0, 0.1) is 0 Å². The van der Waals surface area contributed by atoms with Gasteiger partial charge in [0.2, 0.25) is 11.8 Å². The van der Waals surface area contributed by atoms with Crippen molar-refractivity contribution in [3.63, 3.8) is 0 Å². The fourth-order valence-electron chi connectivity index (χ4n) is 3.34. The lowest BCUT2D eigenvalue weighted by Crippen LogP contribution is -2.51. The second-order valence-corrected chi connectivity index (χ2v) is 6.50. The summed E-state index contributed by atoms with van der Waals surface area (Å²) >= 11 is 5.92. The Kier molecular flexibility index (Phi) is 4.87. The molecule has 5 nitrogen and oxygen atoms in total. The van der Waals surface area contributed by atoms with Crippen LogP contribution in [0.25, 0.3) is 0 Å². The number of hydrogen-bond donors (Lipinski definition) is 0. The van der Waals surface area contributed by atoms with Crippen LogP contribution in [-0.2, 0) is 14.3 Å². The van der Waals surface area contributed by atoms with Crippen molar-refractivity contribution in [1.29, 1.82) is 0 Å². The minimum atomic E-state index is -0.309. The van der Waals surface area contributed by atoms with Crippen LogP contribution in [0.3, 0.4) is 0 Å². The summed E-state index contributed by atoms with van der Waals surface area (Å²) in [5.74, 6) is 0.0170. The summed E-state index contributed by atoms with van der Waals surface area (Å²) in [4.78, 5) is 28.0. The molecule has 23 heavy (non-hydrogen) atoms. The first-order valence-corrected chi connectivity index (χ1v) is 8.37. The van der Waals surface area contributed by atoms with Gasteiger partial charge in [-0.3, -0.25) is 9.59 Å². The molecule has 2 saturated heterocycles. The van der Waals surface area contributed by atoms with E-state index < -0.39 is 0 Å². The average Bonchev–Trinajstić information content (AvgIpc) is 3.05. The number of carbonyl (C=O) groups excluding carboxylic acids is 2. The molecule has 0 radical (unpaired) electrons. The lowest BCUT2D eigenvalue weighted by atomic mass is 10.1. The van der Waals surface area contributed by atoms with E-state index in [9.17, 15) is 9.59 Å². The summed E-state index contributed by atoms with van der Waals surface area (Å²) in [6.07, 6.45) is 1.50.